The summed E-state index contributed by atoms with van der Waals surface area (Å²) < 4.78 is 36.7. The highest BCUT2D eigenvalue weighted by atomic mass is 79.9. The van der Waals surface area contributed by atoms with Crippen LogP contribution < -0.4 is 5.32 Å². The van der Waals surface area contributed by atoms with E-state index in [9.17, 15) is 12.8 Å². The van der Waals surface area contributed by atoms with Gasteiger partial charge < -0.3 is 5.32 Å². The van der Waals surface area contributed by atoms with Crippen LogP contribution in [0.2, 0.25) is 0 Å². The van der Waals surface area contributed by atoms with E-state index in [1.165, 1.54) is 12.3 Å². The number of hydrogen-bond acceptors (Lipinski definition) is 3. The smallest absolute Gasteiger partial charge is 0.175 e. The van der Waals surface area contributed by atoms with Crippen molar-refractivity contribution in [3.8, 4) is 0 Å². The minimum Gasteiger partial charge on any atom is -0.309 e. The minimum atomic E-state index is -3.21. The lowest BCUT2D eigenvalue weighted by Gasteiger charge is -2.18. The van der Waals surface area contributed by atoms with Gasteiger partial charge in [-0.2, -0.15) is 0 Å². The Kier molecular flexibility index (Phi) is 4.81. The molecule has 0 aliphatic carbocycles. The molecule has 0 saturated heterocycles. The highest BCUT2D eigenvalue weighted by Crippen LogP contribution is 2.26. The van der Waals surface area contributed by atoms with Crippen molar-refractivity contribution in [1.82, 2.24) is 5.32 Å². The highest BCUT2D eigenvalue weighted by molar-refractivity contribution is 9.10. The zero-order valence-electron chi connectivity index (χ0n) is 11.6. The van der Waals surface area contributed by atoms with E-state index < -0.39 is 9.84 Å². The first-order valence-corrected chi connectivity index (χ1v) is 8.93. The summed E-state index contributed by atoms with van der Waals surface area (Å²) in [4.78, 5) is 0.279. The van der Waals surface area contributed by atoms with Gasteiger partial charge in [0.1, 0.15) is 5.82 Å². The van der Waals surface area contributed by atoms with E-state index in [1.807, 2.05) is 0 Å². The average molecular weight is 372 g/mol. The summed E-state index contributed by atoms with van der Waals surface area (Å²) in [5.41, 5.74) is 1.79. The summed E-state index contributed by atoms with van der Waals surface area (Å²) in [5, 5.41) is 3.15. The monoisotopic (exact) mass is 371 g/mol. The molecule has 0 heterocycles. The van der Waals surface area contributed by atoms with Crippen LogP contribution in [0.15, 0.2) is 51.8 Å². The maximum absolute atomic E-state index is 13.3. The van der Waals surface area contributed by atoms with Crippen LogP contribution in [-0.2, 0) is 9.84 Å². The Morgan fingerprint density at radius 3 is 2.14 bits per heavy atom. The van der Waals surface area contributed by atoms with E-state index in [1.54, 1.807) is 43.4 Å². The van der Waals surface area contributed by atoms with Crippen molar-refractivity contribution in [2.24, 2.45) is 0 Å². The largest absolute Gasteiger partial charge is 0.309 e. The lowest BCUT2D eigenvalue weighted by molar-refractivity contribution is 0.601. The normalized spacial score (nSPS) is 13.1. The van der Waals surface area contributed by atoms with Crippen LogP contribution in [0.1, 0.15) is 17.2 Å². The number of rotatable bonds is 4. The first-order chi connectivity index (χ1) is 9.82. The Labute approximate surface area is 132 Å². The molecule has 2 aromatic carbocycles. The van der Waals surface area contributed by atoms with Gasteiger partial charge in [-0.15, -0.1) is 0 Å². The van der Waals surface area contributed by atoms with Gasteiger partial charge in [0.2, 0.25) is 0 Å². The zero-order chi connectivity index (χ0) is 15.6. The van der Waals surface area contributed by atoms with Crippen molar-refractivity contribution >= 4 is 25.8 Å². The fourth-order valence-corrected chi connectivity index (χ4v) is 3.15. The zero-order valence-corrected chi connectivity index (χ0v) is 14.0. The van der Waals surface area contributed by atoms with Crippen molar-refractivity contribution in [1.29, 1.82) is 0 Å². The third-order valence-corrected chi connectivity index (χ3v) is 4.94. The molecule has 1 atom stereocenters. The summed E-state index contributed by atoms with van der Waals surface area (Å²) in [5.74, 6) is -0.318. The second-order valence-corrected chi connectivity index (χ2v) is 7.61. The van der Waals surface area contributed by atoms with Crippen molar-refractivity contribution in [2.45, 2.75) is 10.9 Å². The molecule has 1 N–H and O–H groups in total. The van der Waals surface area contributed by atoms with Crippen LogP contribution in [0.25, 0.3) is 0 Å². The molecule has 0 bridgehead atoms. The van der Waals surface area contributed by atoms with Gasteiger partial charge >= 0.3 is 0 Å². The standard InChI is InChI=1S/C15H15BrFNO2S/c1-18-15(11-5-8-14(17)13(16)9-11)10-3-6-12(7-4-10)21(2,19)20/h3-9,15,18H,1-2H3. The van der Waals surface area contributed by atoms with Crippen molar-refractivity contribution in [3.05, 3.63) is 63.9 Å². The molecule has 0 aromatic heterocycles. The van der Waals surface area contributed by atoms with E-state index in [4.69, 9.17) is 0 Å². The molecule has 0 amide bonds. The minimum absolute atomic E-state index is 0.143. The topological polar surface area (TPSA) is 46.2 Å². The van der Waals surface area contributed by atoms with E-state index in [0.717, 1.165) is 11.1 Å². The first-order valence-electron chi connectivity index (χ1n) is 6.25. The molecule has 0 radical (unpaired) electrons. The summed E-state index contributed by atoms with van der Waals surface area (Å²) in [6.07, 6.45) is 1.18. The predicted molar refractivity (Wildman–Crippen MR) is 84.6 cm³/mol. The van der Waals surface area contributed by atoms with Crippen LogP contribution in [0.4, 0.5) is 4.39 Å². The second-order valence-electron chi connectivity index (χ2n) is 4.74. The molecule has 3 nitrogen and oxygen atoms in total. The number of nitrogens with one attached hydrogen (secondary N) is 1. The molecule has 21 heavy (non-hydrogen) atoms. The highest BCUT2D eigenvalue weighted by Gasteiger charge is 2.15. The van der Waals surface area contributed by atoms with Gasteiger partial charge in [-0.3, -0.25) is 0 Å². The van der Waals surface area contributed by atoms with E-state index in [2.05, 4.69) is 21.2 Å². The van der Waals surface area contributed by atoms with Crippen LogP contribution in [0, 0.1) is 5.82 Å². The van der Waals surface area contributed by atoms with Crippen LogP contribution in [0.5, 0.6) is 0 Å². The summed E-state index contributed by atoms with van der Waals surface area (Å²) >= 11 is 3.17. The Morgan fingerprint density at radius 1 is 1.10 bits per heavy atom. The average Bonchev–Trinajstić information content (AvgIpc) is 2.43. The van der Waals surface area contributed by atoms with Crippen molar-refractivity contribution in [2.75, 3.05) is 13.3 Å². The van der Waals surface area contributed by atoms with Gasteiger partial charge in [-0.05, 0) is 58.4 Å². The SMILES string of the molecule is CNC(c1ccc(S(C)(=O)=O)cc1)c1ccc(F)c(Br)c1. The fraction of sp³-hybridized carbons (Fsp3) is 0.200. The molecule has 112 valence electrons. The van der Waals surface area contributed by atoms with Gasteiger partial charge in [0.15, 0.2) is 9.84 Å². The Morgan fingerprint density at radius 2 is 1.67 bits per heavy atom. The quantitative estimate of drug-likeness (QED) is 0.896. The maximum atomic E-state index is 13.3. The Hall–Kier alpha value is -1.24. The molecule has 0 aliphatic rings. The summed E-state index contributed by atoms with van der Waals surface area (Å²) in [6.45, 7) is 0. The molecule has 1 unspecified atom stereocenters. The fourth-order valence-electron chi connectivity index (χ4n) is 2.13. The van der Waals surface area contributed by atoms with Crippen LogP contribution >= 0.6 is 15.9 Å². The van der Waals surface area contributed by atoms with Crippen LogP contribution in [0.3, 0.4) is 0 Å². The van der Waals surface area contributed by atoms with Gasteiger partial charge in [-0.25, -0.2) is 12.8 Å². The third kappa shape index (κ3) is 3.70. The first kappa shape index (κ1) is 16.1. The molecule has 6 heteroatoms. The summed E-state index contributed by atoms with van der Waals surface area (Å²) in [7, 11) is -1.41. The van der Waals surface area contributed by atoms with Crippen LogP contribution in [-0.4, -0.2) is 21.7 Å². The molecule has 0 aliphatic heterocycles. The summed E-state index contributed by atoms with van der Waals surface area (Å²) in [6, 6.07) is 11.3. The molecule has 0 fully saturated rings. The van der Waals surface area contributed by atoms with E-state index in [0.29, 0.717) is 4.47 Å². The number of hydrogen-bond donors (Lipinski definition) is 1. The molecule has 2 rings (SSSR count). The lowest BCUT2D eigenvalue weighted by atomic mass is 9.99. The van der Waals surface area contributed by atoms with Crippen molar-refractivity contribution < 1.29 is 12.8 Å². The van der Waals surface area contributed by atoms with Gasteiger partial charge in [0, 0.05) is 6.26 Å². The maximum Gasteiger partial charge on any atom is 0.175 e. The predicted octanol–water partition coefficient (Wildman–Crippen LogP) is 3.30. The van der Waals surface area contributed by atoms with Gasteiger partial charge in [0.25, 0.3) is 0 Å². The lowest BCUT2D eigenvalue weighted by Crippen LogP contribution is -2.17. The van der Waals surface area contributed by atoms with Gasteiger partial charge in [0.05, 0.1) is 15.4 Å². The molecule has 2 aromatic rings. The van der Waals surface area contributed by atoms with Crippen molar-refractivity contribution in [3.63, 3.8) is 0 Å². The Balaban J connectivity index is 2.39. The van der Waals surface area contributed by atoms with E-state index in [-0.39, 0.29) is 16.8 Å². The number of halogens is 2. The van der Waals surface area contributed by atoms with E-state index >= 15 is 0 Å². The second kappa shape index (κ2) is 6.25. The molecular weight excluding hydrogens is 357 g/mol. The molecule has 0 saturated carbocycles. The number of benzene rings is 2. The third-order valence-electron chi connectivity index (χ3n) is 3.21. The molecule has 0 spiro atoms. The number of sulfone groups is 1. The molecular formula is C15H15BrFNO2S. The Bertz CT molecular complexity index is 745. The van der Waals surface area contributed by atoms with Gasteiger partial charge in [-0.1, -0.05) is 18.2 Å².